The quantitative estimate of drug-likeness (QED) is 0.716. The molecule has 0 fully saturated rings. The number of carbonyl (C=O) groups excluding carboxylic acids is 2. The van der Waals surface area contributed by atoms with Crippen LogP contribution < -0.4 is 14.8 Å². The average Bonchev–Trinajstić information content (AvgIpc) is 2.68. The van der Waals surface area contributed by atoms with Crippen molar-refractivity contribution >= 4 is 35.1 Å². The van der Waals surface area contributed by atoms with Gasteiger partial charge in [-0.05, 0) is 42.3 Å². The molecule has 1 amide bonds. The number of hydrogen-bond acceptors (Lipinski definition) is 5. The summed E-state index contributed by atoms with van der Waals surface area (Å²) in [7, 11) is 0. The fraction of sp³-hybridized carbons (Fsp3) is 0.300. The molecule has 2 aromatic rings. The lowest BCUT2D eigenvalue weighted by atomic mass is 10.1. The molecule has 1 aliphatic heterocycles. The number of fused-ring (bicyclic) bond motifs is 1. The van der Waals surface area contributed by atoms with Gasteiger partial charge in [-0.1, -0.05) is 35.3 Å². The van der Waals surface area contributed by atoms with Gasteiger partial charge in [0.15, 0.2) is 18.1 Å². The van der Waals surface area contributed by atoms with Crippen LogP contribution in [-0.4, -0.2) is 31.7 Å². The highest BCUT2D eigenvalue weighted by Gasteiger charge is 2.17. The van der Waals surface area contributed by atoms with Gasteiger partial charge in [0.25, 0.3) is 5.91 Å². The first kappa shape index (κ1) is 20.3. The summed E-state index contributed by atoms with van der Waals surface area (Å²) in [4.78, 5) is 24.0. The second-order valence-corrected chi connectivity index (χ2v) is 7.11. The van der Waals surface area contributed by atoms with E-state index < -0.39 is 11.9 Å². The van der Waals surface area contributed by atoms with Crippen LogP contribution in [0.2, 0.25) is 10.0 Å². The summed E-state index contributed by atoms with van der Waals surface area (Å²) in [6.45, 7) is 2.47. The van der Waals surface area contributed by atoms with Crippen molar-refractivity contribution in [2.75, 3.05) is 19.8 Å². The number of rotatable bonds is 6. The van der Waals surface area contributed by atoms with Gasteiger partial charge >= 0.3 is 5.97 Å². The van der Waals surface area contributed by atoms with Crippen molar-refractivity contribution in [1.29, 1.82) is 0 Å². The minimum Gasteiger partial charge on any atom is -0.486 e. The molecule has 1 aliphatic rings. The first-order valence-corrected chi connectivity index (χ1v) is 9.46. The summed E-state index contributed by atoms with van der Waals surface area (Å²) >= 11 is 11.9. The maximum absolute atomic E-state index is 12.1. The predicted molar refractivity (Wildman–Crippen MR) is 105 cm³/mol. The van der Waals surface area contributed by atoms with Crippen LogP contribution in [0.5, 0.6) is 11.5 Å². The summed E-state index contributed by atoms with van der Waals surface area (Å²) in [5.74, 6) is 0.378. The molecule has 28 heavy (non-hydrogen) atoms. The van der Waals surface area contributed by atoms with Gasteiger partial charge < -0.3 is 19.5 Å². The van der Waals surface area contributed by atoms with Gasteiger partial charge in [0.05, 0.1) is 12.5 Å². The van der Waals surface area contributed by atoms with Gasteiger partial charge in [0.2, 0.25) is 0 Å². The molecule has 2 aromatic carbocycles. The van der Waals surface area contributed by atoms with E-state index in [-0.39, 0.29) is 19.1 Å². The molecule has 0 aliphatic carbocycles. The Kier molecular flexibility index (Phi) is 6.65. The van der Waals surface area contributed by atoms with Crippen molar-refractivity contribution in [3.05, 3.63) is 57.6 Å². The summed E-state index contributed by atoms with van der Waals surface area (Å²) in [5, 5.41) is 3.64. The molecule has 0 bridgehead atoms. The Morgan fingerprint density at radius 3 is 2.61 bits per heavy atom. The molecule has 0 saturated carbocycles. The lowest BCUT2D eigenvalue weighted by Gasteiger charge is -2.21. The second-order valence-electron chi connectivity index (χ2n) is 6.27. The topological polar surface area (TPSA) is 73.9 Å². The monoisotopic (exact) mass is 423 g/mol. The summed E-state index contributed by atoms with van der Waals surface area (Å²) in [6, 6.07) is 10.0. The van der Waals surface area contributed by atoms with Crippen molar-refractivity contribution in [2.24, 2.45) is 0 Å². The Hall–Kier alpha value is -2.44. The van der Waals surface area contributed by atoms with Crippen molar-refractivity contribution < 1.29 is 23.8 Å². The highest BCUT2D eigenvalue weighted by atomic mass is 35.5. The largest absolute Gasteiger partial charge is 0.486 e. The molecular weight excluding hydrogens is 405 g/mol. The standard InChI is InChI=1S/C20H19Cl2NO5/c1-12(13-3-5-17-18(8-13)27-7-6-26-17)23-19(24)11-28-20(25)9-14-2-4-15(21)10-16(14)22/h2-5,8,10,12H,6-7,9,11H2,1H3,(H,23,24). The zero-order valence-electron chi connectivity index (χ0n) is 15.2. The van der Waals surface area contributed by atoms with Gasteiger partial charge in [0.1, 0.15) is 13.2 Å². The minimum absolute atomic E-state index is 0.0407. The highest BCUT2D eigenvalue weighted by Crippen LogP contribution is 2.32. The molecule has 1 unspecified atom stereocenters. The third-order valence-corrected chi connectivity index (χ3v) is 4.74. The van der Waals surface area contributed by atoms with E-state index in [2.05, 4.69) is 5.32 Å². The minimum atomic E-state index is -0.550. The molecule has 0 saturated heterocycles. The van der Waals surface area contributed by atoms with Gasteiger partial charge in [-0.15, -0.1) is 0 Å². The Morgan fingerprint density at radius 1 is 1.11 bits per heavy atom. The lowest BCUT2D eigenvalue weighted by molar-refractivity contribution is -0.148. The third kappa shape index (κ3) is 5.30. The van der Waals surface area contributed by atoms with Crippen LogP contribution in [0, 0.1) is 0 Å². The van der Waals surface area contributed by atoms with E-state index in [1.807, 2.05) is 25.1 Å². The van der Waals surface area contributed by atoms with E-state index in [0.29, 0.717) is 40.3 Å². The number of nitrogens with one attached hydrogen (secondary N) is 1. The third-order valence-electron chi connectivity index (χ3n) is 4.16. The molecule has 6 nitrogen and oxygen atoms in total. The van der Waals surface area contributed by atoms with Crippen LogP contribution in [0.15, 0.2) is 36.4 Å². The Bertz CT molecular complexity index is 887. The van der Waals surface area contributed by atoms with E-state index in [1.54, 1.807) is 18.2 Å². The number of benzene rings is 2. The Labute approximate surface area is 172 Å². The smallest absolute Gasteiger partial charge is 0.310 e. The number of amides is 1. The number of hydrogen-bond donors (Lipinski definition) is 1. The lowest BCUT2D eigenvalue weighted by Crippen LogP contribution is -2.31. The summed E-state index contributed by atoms with van der Waals surface area (Å²) in [6.07, 6.45) is -0.0407. The zero-order chi connectivity index (χ0) is 20.1. The molecule has 0 spiro atoms. The van der Waals surface area contributed by atoms with Crippen molar-refractivity contribution in [1.82, 2.24) is 5.32 Å². The first-order valence-electron chi connectivity index (χ1n) is 8.71. The second kappa shape index (κ2) is 9.17. The van der Waals surface area contributed by atoms with Gasteiger partial charge in [-0.2, -0.15) is 0 Å². The van der Waals surface area contributed by atoms with E-state index in [0.717, 1.165) is 5.56 Å². The van der Waals surface area contributed by atoms with Gasteiger partial charge in [-0.25, -0.2) is 0 Å². The van der Waals surface area contributed by atoms with Crippen molar-refractivity contribution in [2.45, 2.75) is 19.4 Å². The molecule has 3 rings (SSSR count). The molecule has 148 valence electrons. The molecular formula is C20H19Cl2NO5. The highest BCUT2D eigenvalue weighted by molar-refractivity contribution is 6.35. The Balaban J connectivity index is 1.49. The predicted octanol–water partition coefficient (Wildman–Crippen LogP) is 3.73. The van der Waals surface area contributed by atoms with Crippen LogP contribution in [0.1, 0.15) is 24.1 Å². The van der Waals surface area contributed by atoms with Gasteiger partial charge in [-0.3, -0.25) is 9.59 Å². The zero-order valence-corrected chi connectivity index (χ0v) is 16.7. The maximum Gasteiger partial charge on any atom is 0.310 e. The van der Waals surface area contributed by atoms with Crippen LogP contribution in [0.4, 0.5) is 0 Å². The Morgan fingerprint density at radius 2 is 1.86 bits per heavy atom. The first-order chi connectivity index (χ1) is 13.4. The van der Waals surface area contributed by atoms with Crippen LogP contribution in [-0.2, 0) is 20.7 Å². The van der Waals surface area contributed by atoms with E-state index >= 15 is 0 Å². The average molecular weight is 424 g/mol. The van der Waals surface area contributed by atoms with E-state index in [4.69, 9.17) is 37.4 Å². The number of esters is 1. The van der Waals surface area contributed by atoms with Gasteiger partial charge in [0, 0.05) is 10.0 Å². The molecule has 0 radical (unpaired) electrons. The molecule has 1 atom stereocenters. The number of halogens is 2. The van der Waals surface area contributed by atoms with Crippen LogP contribution in [0.3, 0.4) is 0 Å². The molecule has 1 N–H and O–H groups in total. The molecule has 0 aromatic heterocycles. The fourth-order valence-electron chi connectivity index (χ4n) is 2.71. The van der Waals surface area contributed by atoms with Crippen LogP contribution >= 0.6 is 23.2 Å². The van der Waals surface area contributed by atoms with Crippen LogP contribution in [0.25, 0.3) is 0 Å². The summed E-state index contributed by atoms with van der Waals surface area (Å²) < 4.78 is 16.1. The number of ether oxygens (including phenoxy) is 3. The summed E-state index contributed by atoms with van der Waals surface area (Å²) in [5.41, 5.74) is 1.44. The van der Waals surface area contributed by atoms with Crippen molar-refractivity contribution in [3.8, 4) is 11.5 Å². The molecule has 1 heterocycles. The fourth-order valence-corrected chi connectivity index (χ4v) is 3.19. The normalized spacial score (nSPS) is 13.5. The van der Waals surface area contributed by atoms with Crippen molar-refractivity contribution in [3.63, 3.8) is 0 Å². The van der Waals surface area contributed by atoms with E-state index in [9.17, 15) is 9.59 Å². The number of carbonyl (C=O) groups is 2. The molecule has 8 heteroatoms. The SMILES string of the molecule is CC(NC(=O)COC(=O)Cc1ccc(Cl)cc1Cl)c1ccc2c(c1)OCCO2. The maximum atomic E-state index is 12.1. The van der Waals surface area contributed by atoms with E-state index in [1.165, 1.54) is 0 Å².